The van der Waals surface area contributed by atoms with Crippen LogP contribution in [0.25, 0.3) is 38.9 Å². The molecule has 1 aliphatic carbocycles. The fraction of sp³-hybridized carbons (Fsp3) is 0.161. The number of nitrogens with zero attached hydrogens (tertiary/aromatic N) is 4. The Labute approximate surface area is 221 Å². The molecule has 188 valence electrons. The summed E-state index contributed by atoms with van der Waals surface area (Å²) in [6.07, 6.45) is 15.7. The van der Waals surface area contributed by atoms with Crippen LogP contribution in [0.5, 0.6) is 0 Å². The van der Waals surface area contributed by atoms with Crippen LogP contribution in [0.2, 0.25) is 0 Å². The molecule has 1 saturated carbocycles. The third kappa shape index (κ3) is 4.54. The van der Waals surface area contributed by atoms with Crippen molar-refractivity contribution >= 4 is 28.0 Å². The van der Waals surface area contributed by atoms with Gasteiger partial charge in [0.1, 0.15) is 5.82 Å². The predicted octanol–water partition coefficient (Wildman–Crippen LogP) is 6.84. The summed E-state index contributed by atoms with van der Waals surface area (Å²) in [6.45, 7) is 8.62. The second-order valence-corrected chi connectivity index (χ2v) is 9.78. The van der Waals surface area contributed by atoms with Crippen LogP contribution < -0.4 is 11.1 Å². The van der Waals surface area contributed by atoms with Crippen molar-refractivity contribution < 1.29 is 0 Å². The number of pyridine rings is 3. The number of benzene rings is 1. The van der Waals surface area contributed by atoms with Crippen molar-refractivity contribution in [2.45, 2.75) is 25.7 Å². The van der Waals surface area contributed by atoms with Crippen LogP contribution in [-0.2, 0) is 0 Å². The molecule has 7 nitrogen and oxygen atoms in total. The van der Waals surface area contributed by atoms with Crippen LogP contribution in [0, 0.1) is 5.92 Å². The molecule has 0 radical (unpaired) electrons. The van der Waals surface area contributed by atoms with Crippen molar-refractivity contribution in [2.24, 2.45) is 5.92 Å². The highest BCUT2D eigenvalue weighted by molar-refractivity contribution is 5.94. The number of nitrogen functional groups attached to an aromatic ring is 1. The van der Waals surface area contributed by atoms with E-state index in [-0.39, 0.29) is 0 Å². The average molecular weight is 500 g/mol. The van der Waals surface area contributed by atoms with Crippen LogP contribution >= 0.6 is 0 Å². The lowest BCUT2D eigenvalue weighted by Crippen LogP contribution is -2.07. The first-order valence-corrected chi connectivity index (χ1v) is 12.8. The largest absolute Gasteiger partial charge is 0.398 e. The molecule has 4 heterocycles. The maximum Gasteiger partial charge on any atom is 0.138 e. The van der Waals surface area contributed by atoms with Gasteiger partial charge in [0.15, 0.2) is 0 Å². The fourth-order valence-electron chi connectivity index (χ4n) is 5.17. The summed E-state index contributed by atoms with van der Waals surface area (Å²) in [6, 6.07) is 11.9. The molecular formula is C31H29N7. The van der Waals surface area contributed by atoms with Gasteiger partial charge in [-0.25, -0.2) is 4.98 Å². The number of imidazole rings is 1. The van der Waals surface area contributed by atoms with Gasteiger partial charge in [0.05, 0.1) is 29.1 Å². The number of aromatic amines is 1. The van der Waals surface area contributed by atoms with E-state index in [1.54, 1.807) is 18.6 Å². The topological polar surface area (TPSA) is 105 Å². The fourth-order valence-corrected chi connectivity index (χ4v) is 5.17. The van der Waals surface area contributed by atoms with E-state index in [1.165, 1.54) is 25.7 Å². The molecule has 4 N–H and O–H groups in total. The first kappa shape index (κ1) is 23.6. The molecule has 6 rings (SSSR count). The number of fused-ring (bicyclic) bond motifs is 1. The van der Waals surface area contributed by atoms with Crippen LogP contribution in [-0.4, -0.2) is 24.9 Å². The second kappa shape index (κ2) is 9.94. The van der Waals surface area contributed by atoms with Gasteiger partial charge < -0.3 is 16.0 Å². The second-order valence-electron chi connectivity index (χ2n) is 9.78. The van der Waals surface area contributed by atoms with Gasteiger partial charge in [-0.05, 0) is 60.2 Å². The number of nitrogens with one attached hydrogen (secondary N) is 2. The van der Waals surface area contributed by atoms with Crippen molar-refractivity contribution in [1.82, 2.24) is 24.9 Å². The highest BCUT2D eigenvalue weighted by atomic mass is 14.9. The molecule has 5 aromatic rings. The SMILES string of the molecule is C=C(c1nc2c(-c3ccncc3)cncc2[nH]1)c1cc(-c2cncc(NC(=C)C3CCCC3)c2)ccc1N. The summed E-state index contributed by atoms with van der Waals surface area (Å²) in [4.78, 5) is 21.2. The van der Waals surface area contributed by atoms with Crippen LogP contribution in [0.3, 0.4) is 0 Å². The number of aromatic nitrogens is 5. The molecule has 0 spiro atoms. The minimum Gasteiger partial charge on any atom is -0.398 e. The summed E-state index contributed by atoms with van der Waals surface area (Å²) in [7, 11) is 0. The molecule has 1 fully saturated rings. The Hall–Kier alpha value is -4.78. The molecule has 0 aliphatic heterocycles. The number of H-pyrrole nitrogens is 1. The van der Waals surface area contributed by atoms with E-state index in [0.717, 1.165) is 50.2 Å². The predicted molar refractivity (Wildman–Crippen MR) is 154 cm³/mol. The standard InChI is InChI=1S/C31H29N7/c1-19(31-37-29-18-35-17-27(30(29)38-31)22-9-11-33-12-10-22)26-14-23(7-8-28(26)32)24-13-25(16-34-15-24)36-20(2)21-5-3-4-6-21/h7-18,21,36H,1-6,32H2,(H,37,38). The molecular weight excluding hydrogens is 470 g/mol. The molecule has 0 saturated heterocycles. The number of allylic oxidation sites excluding steroid dienone is 1. The third-order valence-electron chi connectivity index (χ3n) is 7.27. The quantitative estimate of drug-likeness (QED) is 0.212. The third-order valence-corrected chi connectivity index (χ3v) is 7.27. The van der Waals surface area contributed by atoms with Gasteiger partial charge in [-0.2, -0.15) is 0 Å². The summed E-state index contributed by atoms with van der Waals surface area (Å²) in [5, 5.41) is 3.48. The maximum atomic E-state index is 6.43. The molecule has 1 aliphatic rings. The van der Waals surface area contributed by atoms with Crippen LogP contribution in [0.15, 0.2) is 92.4 Å². The minimum atomic E-state index is 0.531. The average Bonchev–Trinajstić information content (AvgIpc) is 3.64. The number of rotatable bonds is 7. The Morgan fingerprint density at radius 1 is 0.868 bits per heavy atom. The van der Waals surface area contributed by atoms with Crippen LogP contribution in [0.4, 0.5) is 11.4 Å². The summed E-state index contributed by atoms with van der Waals surface area (Å²) >= 11 is 0. The Morgan fingerprint density at radius 3 is 2.47 bits per heavy atom. The first-order valence-electron chi connectivity index (χ1n) is 12.8. The molecule has 0 unspecified atom stereocenters. The Balaban J connectivity index is 1.31. The van der Waals surface area contributed by atoms with Crippen molar-refractivity contribution in [1.29, 1.82) is 0 Å². The number of hydrogen-bond acceptors (Lipinski definition) is 6. The van der Waals surface area contributed by atoms with E-state index in [1.807, 2.05) is 48.9 Å². The zero-order valence-electron chi connectivity index (χ0n) is 21.1. The van der Waals surface area contributed by atoms with E-state index in [9.17, 15) is 0 Å². The van der Waals surface area contributed by atoms with E-state index < -0.39 is 0 Å². The summed E-state index contributed by atoms with van der Waals surface area (Å²) < 4.78 is 0. The first-order chi connectivity index (χ1) is 18.6. The van der Waals surface area contributed by atoms with Gasteiger partial charge in [-0.15, -0.1) is 0 Å². The normalized spacial score (nSPS) is 13.6. The smallest absolute Gasteiger partial charge is 0.138 e. The van der Waals surface area contributed by atoms with Crippen molar-refractivity contribution in [3.05, 3.63) is 104 Å². The van der Waals surface area contributed by atoms with Gasteiger partial charge in [0.25, 0.3) is 0 Å². The Morgan fingerprint density at radius 2 is 1.66 bits per heavy atom. The molecule has 0 bridgehead atoms. The monoisotopic (exact) mass is 499 g/mol. The number of anilines is 2. The van der Waals surface area contributed by atoms with Crippen molar-refractivity contribution in [3.63, 3.8) is 0 Å². The molecule has 7 heteroatoms. The molecule has 0 amide bonds. The lowest BCUT2D eigenvalue weighted by atomic mass is 9.98. The van der Waals surface area contributed by atoms with E-state index in [4.69, 9.17) is 10.7 Å². The van der Waals surface area contributed by atoms with Gasteiger partial charge in [-0.3, -0.25) is 15.0 Å². The van der Waals surface area contributed by atoms with E-state index in [0.29, 0.717) is 23.0 Å². The molecule has 0 atom stereocenters. The minimum absolute atomic E-state index is 0.531. The number of hydrogen-bond donors (Lipinski definition) is 3. The maximum absolute atomic E-state index is 6.43. The van der Waals surface area contributed by atoms with E-state index in [2.05, 4.69) is 44.5 Å². The van der Waals surface area contributed by atoms with Gasteiger partial charge >= 0.3 is 0 Å². The molecule has 1 aromatic carbocycles. The molecule has 38 heavy (non-hydrogen) atoms. The van der Waals surface area contributed by atoms with Crippen LogP contribution in [0.1, 0.15) is 37.1 Å². The Kier molecular flexibility index (Phi) is 6.17. The number of nitrogens with two attached hydrogens (primary N) is 1. The zero-order chi connectivity index (χ0) is 26.1. The lowest BCUT2D eigenvalue weighted by Gasteiger charge is -2.16. The lowest BCUT2D eigenvalue weighted by molar-refractivity contribution is 0.649. The summed E-state index contributed by atoms with van der Waals surface area (Å²) in [5.41, 5.74) is 16.1. The molecule has 4 aromatic heterocycles. The van der Waals surface area contributed by atoms with Gasteiger partial charge in [0.2, 0.25) is 0 Å². The van der Waals surface area contributed by atoms with Crippen molar-refractivity contribution in [2.75, 3.05) is 11.1 Å². The van der Waals surface area contributed by atoms with Crippen molar-refractivity contribution in [3.8, 4) is 22.3 Å². The highest BCUT2D eigenvalue weighted by Crippen LogP contribution is 2.34. The highest BCUT2D eigenvalue weighted by Gasteiger charge is 2.19. The Bertz CT molecular complexity index is 1650. The summed E-state index contributed by atoms with van der Waals surface area (Å²) in [5.74, 6) is 1.18. The van der Waals surface area contributed by atoms with Gasteiger partial charge in [-0.1, -0.05) is 32.1 Å². The van der Waals surface area contributed by atoms with Gasteiger partial charge in [0, 0.05) is 58.4 Å². The zero-order valence-corrected chi connectivity index (χ0v) is 21.1. The van der Waals surface area contributed by atoms with E-state index >= 15 is 0 Å².